The second-order valence-electron chi connectivity index (χ2n) is 2.84. The molecule has 4 heteroatoms. The van der Waals surface area contributed by atoms with E-state index in [1.54, 1.807) is 0 Å². The number of fused-ring (bicyclic) bond motifs is 1. The Morgan fingerprint density at radius 1 is 1.54 bits per heavy atom. The fourth-order valence-electron chi connectivity index (χ4n) is 1.27. The van der Waals surface area contributed by atoms with Gasteiger partial charge in [0, 0.05) is 5.02 Å². The number of nitrogens with zero attached hydrogens (tertiary/aromatic N) is 1. The molecule has 0 radical (unpaired) electrons. The van der Waals surface area contributed by atoms with E-state index in [0.717, 1.165) is 25.8 Å². The van der Waals surface area contributed by atoms with E-state index >= 15 is 0 Å². The maximum Gasteiger partial charge on any atom is 0.119 e. The van der Waals surface area contributed by atoms with Gasteiger partial charge in [-0.1, -0.05) is 11.6 Å². The van der Waals surface area contributed by atoms with Gasteiger partial charge in [-0.25, -0.2) is 4.98 Å². The number of aromatic nitrogens is 1. The first kappa shape index (κ1) is 8.94. The normalized spacial score (nSPS) is 11.0. The van der Waals surface area contributed by atoms with Gasteiger partial charge in [0.2, 0.25) is 0 Å². The molecule has 68 valence electrons. The molecule has 1 N–H and O–H groups in total. The standard InChI is InChI=1S/C9H8ClNOS/c1-5-2-6(10)3-7-9(5)11-8(4-12)13-7/h2-3,12H,4H2,1H3. The van der Waals surface area contributed by atoms with Crippen molar-refractivity contribution in [1.82, 2.24) is 4.98 Å². The first-order chi connectivity index (χ1) is 6.20. The topological polar surface area (TPSA) is 33.1 Å². The zero-order valence-corrected chi connectivity index (χ0v) is 8.61. The molecule has 2 nitrogen and oxygen atoms in total. The van der Waals surface area contributed by atoms with Crippen LogP contribution in [-0.4, -0.2) is 10.1 Å². The zero-order valence-electron chi connectivity index (χ0n) is 7.04. The van der Waals surface area contributed by atoms with E-state index in [-0.39, 0.29) is 6.61 Å². The Balaban J connectivity index is 2.75. The molecular weight excluding hydrogens is 206 g/mol. The Bertz CT molecular complexity index is 452. The van der Waals surface area contributed by atoms with Crippen molar-refractivity contribution in [3.05, 3.63) is 27.7 Å². The van der Waals surface area contributed by atoms with Crippen molar-refractivity contribution in [2.45, 2.75) is 13.5 Å². The van der Waals surface area contributed by atoms with Gasteiger partial charge in [-0.2, -0.15) is 0 Å². The second kappa shape index (κ2) is 3.25. The molecule has 0 spiro atoms. The van der Waals surface area contributed by atoms with Crippen molar-refractivity contribution < 1.29 is 5.11 Å². The number of rotatable bonds is 1. The minimum atomic E-state index is -0.00357. The van der Waals surface area contributed by atoms with Crippen LogP contribution >= 0.6 is 22.9 Å². The lowest BCUT2D eigenvalue weighted by atomic mass is 10.2. The predicted molar refractivity (Wildman–Crippen MR) is 55.3 cm³/mol. The maximum absolute atomic E-state index is 8.91. The van der Waals surface area contributed by atoms with Gasteiger partial charge in [0.25, 0.3) is 0 Å². The molecule has 0 aliphatic heterocycles. The summed E-state index contributed by atoms with van der Waals surface area (Å²) in [7, 11) is 0. The number of aliphatic hydroxyl groups is 1. The molecular formula is C9H8ClNOS. The Kier molecular flexibility index (Phi) is 2.24. The summed E-state index contributed by atoms with van der Waals surface area (Å²) in [5.74, 6) is 0. The van der Waals surface area contributed by atoms with E-state index in [2.05, 4.69) is 4.98 Å². The number of aryl methyl sites for hydroxylation is 1. The third kappa shape index (κ3) is 1.55. The molecule has 0 fully saturated rings. The number of hydrogen-bond donors (Lipinski definition) is 1. The molecule has 0 aliphatic rings. The largest absolute Gasteiger partial charge is 0.389 e. The molecule has 0 aliphatic carbocycles. The van der Waals surface area contributed by atoms with E-state index in [0.29, 0.717) is 0 Å². The first-order valence-electron chi connectivity index (χ1n) is 3.87. The van der Waals surface area contributed by atoms with Crippen molar-refractivity contribution in [3.63, 3.8) is 0 Å². The number of benzene rings is 1. The number of aliphatic hydroxyl groups excluding tert-OH is 1. The van der Waals surface area contributed by atoms with Gasteiger partial charge >= 0.3 is 0 Å². The fraction of sp³-hybridized carbons (Fsp3) is 0.222. The van der Waals surface area contributed by atoms with Gasteiger partial charge in [0.15, 0.2) is 0 Å². The molecule has 0 bridgehead atoms. The van der Waals surface area contributed by atoms with Crippen LogP contribution in [0.2, 0.25) is 5.02 Å². The summed E-state index contributed by atoms with van der Waals surface area (Å²) in [5.41, 5.74) is 2.00. The van der Waals surface area contributed by atoms with Crippen molar-refractivity contribution in [1.29, 1.82) is 0 Å². The lowest BCUT2D eigenvalue weighted by Crippen LogP contribution is -1.80. The quantitative estimate of drug-likeness (QED) is 0.790. The van der Waals surface area contributed by atoms with Crippen molar-refractivity contribution >= 4 is 33.2 Å². The van der Waals surface area contributed by atoms with E-state index in [9.17, 15) is 0 Å². The average Bonchev–Trinajstić information content (AvgIpc) is 2.47. The van der Waals surface area contributed by atoms with Crippen LogP contribution in [0.5, 0.6) is 0 Å². The van der Waals surface area contributed by atoms with Gasteiger partial charge < -0.3 is 5.11 Å². The first-order valence-corrected chi connectivity index (χ1v) is 5.06. The molecule has 13 heavy (non-hydrogen) atoms. The van der Waals surface area contributed by atoms with Crippen LogP contribution in [0.25, 0.3) is 10.2 Å². The molecule has 2 aromatic rings. The third-order valence-corrected chi connectivity index (χ3v) is 3.04. The summed E-state index contributed by atoms with van der Waals surface area (Å²) < 4.78 is 1.04. The highest BCUT2D eigenvalue weighted by Gasteiger charge is 2.06. The molecule has 0 saturated heterocycles. The van der Waals surface area contributed by atoms with Gasteiger partial charge in [-0.05, 0) is 24.6 Å². The van der Waals surface area contributed by atoms with E-state index in [1.807, 2.05) is 19.1 Å². The molecule has 2 rings (SSSR count). The summed E-state index contributed by atoms with van der Waals surface area (Å²) in [6, 6.07) is 3.76. The molecule has 1 aromatic carbocycles. The average molecular weight is 214 g/mol. The number of thiazole rings is 1. The highest BCUT2D eigenvalue weighted by atomic mass is 35.5. The van der Waals surface area contributed by atoms with E-state index in [1.165, 1.54) is 11.3 Å². The zero-order chi connectivity index (χ0) is 9.42. The minimum Gasteiger partial charge on any atom is -0.389 e. The summed E-state index contributed by atoms with van der Waals surface area (Å²) in [5, 5.41) is 10.4. The monoisotopic (exact) mass is 213 g/mol. The van der Waals surface area contributed by atoms with Crippen LogP contribution in [0, 0.1) is 6.92 Å². The number of halogens is 1. The summed E-state index contributed by atoms with van der Waals surface area (Å²) in [6.07, 6.45) is 0. The van der Waals surface area contributed by atoms with Gasteiger partial charge in [-0.15, -0.1) is 11.3 Å². The summed E-state index contributed by atoms with van der Waals surface area (Å²) >= 11 is 7.37. The predicted octanol–water partition coefficient (Wildman–Crippen LogP) is 2.75. The van der Waals surface area contributed by atoms with Crippen molar-refractivity contribution in [2.24, 2.45) is 0 Å². The van der Waals surface area contributed by atoms with Crippen LogP contribution in [0.1, 0.15) is 10.6 Å². The van der Waals surface area contributed by atoms with Crippen molar-refractivity contribution in [2.75, 3.05) is 0 Å². The smallest absolute Gasteiger partial charge is 0.119 e. The van der Waals surface area contributed by atoms with Crippen LogP contribution in [0.4, 0.5) is 0 Å². The molecule has 0 amide bonds. The molecule has 1 aromatic heterocycles. The Morgan fingerprint density at radius 2 is 2.31 bits per heavy atom. The summed E-state index contributed by atoms with van der Waals surface area (Å²) in [6.45, 7) is 1.96. The summed E-state index contributed by atoms with van der Waals surface area (Å²) in [4.78, 5) is 4.28. The highest BCUT2D eigenvalue weighted by molar-refractivity contribution is 7.18. The SMILES string of the molecule is Cc1cc(Cl)cc2sc(CO)nc12. The Morgan fingerprint density at radius 3 is 3.00 bits per heavy atom. The minimum absolute atomic E-state index is 0.00357. The van der Waals surface area contributed by atoms with Crippen LogP contribution in [0.3, 0.4) is 0 Å². The van der Waals surface area contributed by atoms with Crippen LogP contribution in [-0.2, 0) is 6.61 Å². The lowest BCUT2D eigenvalue weighted by Gasteiger charge is -1.94. The molecule has 0 unspecified atom stereocenters. The molecule has 0 atom stereocenters. The third-order valence-electron chi connectivity index (χ3n) is 1.83. The molecule has 1 heterocycles. The van der Waals surface area contributed by atoms with Crippen LogP contribution in [0.15, 0.2) is 12.1 Å². The van der Waals surface area contributed by atoms with Crippen molar-refractivity contribution in [3.8, 4) is 0 Å². The van der Waals surface area contributed by atoms with Gasteiger partial charge in [-0.3, -0.25) is 0 Å². The second-order valence-corrected chi connectivity index (χ2v) is 4.39. The van der Waals surface area contributed by atoms with E-state index < -0.39 is 0 Å². The molecule has 0 saturated carbocycles. The number of hydrogen-bond acceptors (Lipinski definition) is 3. The van der Waals surface area contributed by atoms with Gasteiger partial charge in [0.1, 0.15) is 5.01 Å². The highest BCUT2D eigenvalue weighted by Crippen LogP contribution is 2.28. The fourth-order valence-corrected chi connectivity index (χ4v) is 2.55. The van der Waals surface area contributed by atoms with E-state index in [4.69, 9.17) is 16.7 Å². The van der Waals surface area contributed by atoms with Gasteiger partial charge in [0.05, 0.1) is 16.8 Å². The Labute approximate surface area is 84.8 Å². The van der Waals surface area contributed by atoms with Crippen LogP contribution < -0.4 is 0 Å². The maximum atomic E-state index is 8.91. The Hall–Kier alpha value is -0.640. The lowest BCUT2D eigenvalue weighted by molar-refractivity contribution is 0.281.